The Labute approximate surface area is 177 Å². The number of nitrogens with zero attached hydrogens (tertiary/aromatic N) is 2. The molecule has 0 aromatic carbocycles. The van der Waals surface area contributed by atoms with Crippen molar-refractivity contribution in [3.8, 4) is 0 Å². The molecule has 0 aromatic heterocycles. The average Bonchev–Trinajstić information content (AvgIpc) is 2.58. The molecule has 0 saturated carbocycles. The highest BCUT2D eigenvalue weighted by molar-refractivity contribution is 14.0. The van der Waals surface area contributed by atoms with Crippen LogP contribution in [-0.2, 0) is 9.47 Å². The van der Waals surface area contributed by atoms with Crippen molar-refractivity contribution >= 4 is 29.9 Å². The molecule has 0 aromatic rings. The van der Waals surface area contributed by atoms with Crippen LogP contribution < -0.4 is 10.6 Å². The van der Waals surface area contributed by atoms with Crippen molar-refractivity contribution in [2.24, 2.45) is 10.9 Å². The lowest BCUT2D eigenvalue weighted by Gasteiger charge is -2.34. The van der Waals surface area contributed by atoms with Gasteiger partial charge in [0.25, 0.3) is 0 Å². The van der Waals surface area contributed by atoms with Gasteiger partial charge >= 0.3 is 0 Å². The van der Waals surface area contributed by atoms with Crippen molar-refractivity contribution in [1.82, 2.24) is 15.5 Å². The third kappa shape index (κ3) is 12.3. The Morgan fingerprint density at radius 1 is 1.15 bits per heavy atom. The van der Waals surface area contributed by atoms with E-state index in [1.54, 1.807) is 0 Å². The minimum atomic E-state index is 0. The van der Waals surface area contributed by atoms with Crippen LogP contribution in [0.15, 0.2) is 4.99 Å². The summed E-state index contributed by atoms with van der Waals surface area (Å²) in [6.45, 7) is 17.9. The second-order valence-corrected chi connectivity index (χ2v) is 7.35. The summed E-state index contributed by atoms with van der Waals surface area (Å²) in [6.07, 6.45) is 2.46. The maximum atomic E-state index is 5.59. The smallest absolute Gasteiger partial charge is 0.191 e. The van der Waals surface area contributed by atoms with E-state index in [4.69, 9.17) is 14.5 Å². The summed E-state index contributed by atoms with van der Waals surface area (Å²) >= 11 is 0. The van der Waals surface area contributed by atoms with Gasteiger partial charge in [0.05, 0.1) is 25.9 Å². The van der Waals surface area contributed by atoms with Gasteiger partial charge in [0.15, 0.2) is 5.96 Å². The zero-order chi connectivity index (χ0) is 18.5. The number of guanidine groups is 1. The molecule has 1 saturated heterocycles. The molecule has 1 atom stereocenters. The van der Waals surface area contributed by atoms with Crippen molar-refractivity contribution in [3.05, 3.63) is 0 Å². The van der Waals surface area contributed by atoms with Gasteiger partial charge in [-0.05, 0) is 39.5 Å². The molecule has 0 aliphatic carbocycles. The van der Waals surface area contributed by atoms with Gasteiger partial charge in [-0.25, -0.2) is 0 Å². The monoisotopic (exact) mass is 484 g/mol. The molecule has 0 amide bonds. The zero-order valence-corrected chi connectivity index (χ0v) is 19.8. The third-order valence-electron chi connectivity index (χ3n) is 4.17. The van der Waals surface area contributed by atoms with Gasteiger partial charge in [0.2, 0.25) is 0 Å². The molecule has 1 rings (SSSR count). The Kier molecular flexibility index (Phi) is 15.8. The number of ether oxygens (including phenoxy) is 2. The first-order chi connectivity index (χ1) is 12.0. The maximum absolute atomic E-state index is 5.59. The van der Waals surface area contributed by atoms with E-state index in [0.29, 0.717) is 18.1 Å². The highest BCUT2D eigenvalue weighted by Crippen LogP contribution is 2.14. The first-order valence-electron chi connectivity index (χ1n) is 9.98. The lowest BCUT2D eigenvalue weighted by atomic mass is 10.0. The predicted molar refractivity (Wildman–Crippen MR) is 121 cm³/mol. The molecule has 1 unspecified atom stereocenters. The number of nitrogens with one attached hydrogen (secondary N) is 2. The summed E-state index contributed by atoms with van der Waals surface area (Å²) < 4.78 is 11.1. The zero-order valence-electron chi connectivity index (χ0n) is 17.4. The fourth-order valence-corrected chi connectivity index (χ4v) is 2.96. The molecule has 0 bridgehead atoms. The van der Waals surface area contributed by atoms with Crippen LogP contribution in [0.3, 0.4) is 0 Å². The van der Waals surface area contributed by atoms with Crippen LogP contribution in [-0.4, -0.2) is 75.5 Å². The van der Waals surface area contributed by atoms with Crippen molar-refractivity contribution in [2.45, 2.75) is 59.6 Å². The molecule has 2 N–H and O–H groups in total. The Bertz CT molecular complexity index is 361. The SMILES string of the molecule is CCNC(=NCC(CC(C)C)N1CCOCC1)NCCCOC(C)C.I. The molecular weight excluding hydrogens is 443 g/mol. The van der Waals surface area contributed by atoms with Gasteiger partial charge in [-0.3, -0.25) is 9.89 Å². The summed E-state index contributed by atoms with van der Waals surface area (Å²) in [6, 6.07) is 0.489. The lowest BCUT2D eigenvalue weighted by Crippen LogP contribution is -2.46. The molecule has 0 radical (unpaired) electrons. The van der Waals surface area contributed by atoms with Crippen LogP contribution in [0.1, 0.15) is 47.5 Å². The minimum Gasteiger partial charge on any atom is -0.379 e. The van der Waals surface area contributed by atoms with Crippen molar-refractivity contribution in [1.29, 1.82) is 0 Å². The standard InChI is InChI=1S/C19H40N4O2.HI/c1-6-20-19(21-8-7-11-25-17(4)5)22-15-18(14-16(2)3)23-9-12-24-13-10-23;/h16-18H,6-15H2,1-5H3,(H2,20,21,22);1H. The van der Waals surface area contributed by atoms with E-state index >= 15 is 0 Å². The molecular formula is C19H41IN4O2. The molecule has 7 heteroatoms. The molecule has 1 aliphatic rings. The van der Waals surface area contributed by atoms with E-state index in [1.807, 2.05) is 0 Å². The fourth-order valence-electron chi connectivity index (χ4n) is 2.96. The number of hydrogen-bond acceptors (Lipinski definition) is 4. The largest absolute Gasteiger partial charge is 0.379 e. The molecule has 156 valence electrons. The van der Waals surface area contributed by atoms with Gasteiger partial charge in [-0.1, -0.05) is 13.8 Å². The molecule has 26 heavy (non-hydrogen) atoms. The summed E-state index contributed by atoms with van der Waals surface area (Å²) in [5.41, 5.74) is 0. The van der Waals surface area contributed by atoms with Crippen LogP contribution in [0.4, 0.5) is 0 Å². The average molecular weight is 484 g/mol. The normalized spacial score (nSPS) is 17.3. The van der Waals surface area contributed by atoms with Crippen LogP contribution in [0, 0.1) is 5.92 Å². The number of rotatable bonds is 11. The Morgan fingerprint density at radius 3 is 2.42 bits per heavy atom. The van der Waals surface area contributed by atoms with E-state index in [9.17, 15) is 0 Å². The van der Waals surface area contributed by atoms with Crippen molar-refractivity contribution < 1.29 is 9.47 Å². The Balaban J connectivity index is 0.00000625. The molecule has 6 nitrogen and oxygen atoms in total. The summed E-state index contributed by atoms with van der Waals surface area (Å²) in [7, 11) is 0. The molecule has 1 heterocycles. The highest BCUT2D eigenvalue weighted by atomic mass is 127. The third-order valence-corrected chi connectivity index (χ3v) is 4.17. The van der Waals surface area contributed by atoms with Crippen LogP contribution in [0.25, 0.3) is 0 Å². The van der Waals surface area contributed by atoms with E-state index in [0.717, 1.165) is 64.9 Å². The van der Waals surface area contributed by atoms with Crippen molar-refractivity contribution in [2.75, 3.05) is 52.5 Å². The van der Waals surface area contributed by atoms with Crippen LogP contribution >= 0.6 is 24.0 Å². The lowest BCUT2D eigenvalue weighted by molar-refractivity contribution is 0.0143. The van der Waals surface area contributed by atoms with Gasteiger partial charge in [-0.2, -0.15) is 0 Å². The molecule has 1 fully saturated rings. The quantitative estimate of drug-likeness (QED) is 0.205. The van der Waals surface area contributed by atoms with E-state index in [2.05, 4.69) is 50.2 Å². The van der Waals surface area contributed by atoms with Gasteiger partial charge in [0.1, 0.15) is 0 Å². The molecule has 0 spiro atoms. The van der Waals surface area contributed by atoms with Gasteiger partial charge in [-0.15, -0.1) is 24.0 Å². The first kappa shape index (κ1) is 25.9. The second kappa shape index (κ2) is 15.9. The number of halogens is 1. The van der Waals surface area contributed by atoms with Gasteiger partial charge in [0, 0.05) is 38.8 Å². The Morgan fingerprint density at radius 2 is 1.85 bits per heavy atom. The predicted octanol–water partition coefficient (Wildman–Crippen LogP) is 2.72. The van der Waals surface area contributed by atoms with E-state index in [-0.39, 0.29) is 24.0 Å². The molecule has 1 aliphatic heterocycles. The van der Waals surface area contributed by atoms with E-state index in [1.165, 1.54) is 6.42 Å². The summed E-state index contributed by atoms with van der Waals surface area (Å²) in [5.74, 6) is 1.58. The van der Waals surface area contributed by atoms with Crippen LogP contribution in [0.2, 0.25) is 0 Å². The van der Waals surface area contributed by atoms with Crippen LogP contribution in [0.5, 0.6) is 0 Å². The maximum Gasteiger partial charge on any atom is 0.191 e. The summed E-state index contributed by atoms with van der Waals surface area (Å²) in [5, 5.41) is 6.77. The van der Waals surface area contributed by atoms with Crippen molar-refractivity contribution in [3.63, 3.8) is 0 Å². The first-order valence-corrected chi connectivity index (χ1v) is 9.98. The van der Waals surface area contributed by atoms with E-state index < -0.39 is 0 Å². The number of morpholine rings is 1. The number of hydrogen-bond donors (Lipinski definition) is 2. The summed E-state index contributed by atoms with van der Waals surface area (Å²) in [4.78, 5) is 7.38. The fraction of sp³-hybridized carbons (Fsp3) is 0.947. The Hall–Kier alpha value is -0.120. The second-order valence-electron chi connectivity index (χ2n) is 7.35. The van der Waals surface area contributed by atoms with Gasteiger partial charge < -0.3 is 20.1 Å². The highest BCUT2D eigenvalue weighted by Gasteiger charge is 2.21. The minimum absolute atomic E-state index is 0. The number of aliphatic imine (C=N–C) groups is 1. The topological polar surface area (TPSA) is 58.1 Å².